The first-order valence-electron chi connectivity index (χ1n) is 36.5. The number of carbonyl (C=O) groups is 4. The van der Waals surface area contributed by atoms with E-state index in [1.807, 2.05) is 20.8 Å². The van der Waals surface area contributed by atoms with Crippen molar-refractivity contribution in [2.24, 2.45) is 0 Å². The predicted molar refractivity (Wildman–Crippen MR) is 364 cm³/mol. The largest absolute Gasteiger partial charge is 0.488 e. The van der Waals surface area contributed by atoms with Crippen LogP contribution < -0.4 is 20.7 Å². The molecular formula is C70H117N3O32. The van der Waals surface area contributed by atoms with Crippen LogP contribution >= 0.6 is 0 Å². The van der Waals surface area contributed by atoms with Crippen molar-refractivity contribution in [3.63, 3.8) is 0 Å². The maximum atomic E-state index is 13.8. The van der Waals surface area contributed by atoms with Gasteiger partial charge in [0.2, 0.25) is 17.7 Å². The number of amides is 3. The van der Waals surface area contributed by atoms with E-state index in [9.17, 15) is 106 Å². The van der Waals surface area contributed by atoms with Crippen molar-refractivity contribution in [2.75, 3.05) is 39.6 Å². The Balaban J connectivity index is 1.26. The van der Waals surface area contributed by atoms with Gasteiger partial charge in [-0.15, -0.1) is 0 Å². The zero-order valence-corrected chi connectivity index (χ0v) is 60.5. The van der Waals surface area contributed by atoms with Crippen molar-refractivity contribution >= 4 is 29.8 Å². The lowest BCUT2D eigenvalue weighted by Crippen LogP contribution is -2.72. The molecule has 5 saturated heterocycles. The summed E-state index contributed by atoms with van der Waals surface area (Å²) in [6.45, 7) is 3.65. The lowest BCUT2D eigenvalue weighted by molar-refractivity contribution is -0.403. The van der Waals surface area contributed by atoms with Crippen LogP contribution in [0.3, 0.4) is 0 Å². The molecule has 1 aromatic rings. The molecule has 35 nitrogen and oxygen atoms in total. The Morgan fingerprint density at radius 3 is 1.60 bits per heavy atom. The van der Waals surface area contributed by atoms with Crippen LogP contribution in [-0.2, 0) is 66.5 Å². The normalized spacial score (nSPS) is 35.1. The maximum Gasteiger partial charge on any atom is 0.364 e. The molecule has 3 amide bonds. The van der Waals surface area contributed by atoms with E-state index in [2.05, 4.69) is 22.9 Å². The molecule has 2 unspecified atom stereocenters. The second kappa shape index (κ2) is 43.3. The summed E-state index contributed by atoms with van der Waals surface area (Å²) in [5.74, 6) is -7.21. The van der Waals surface area contributed by atoms with Crippen molar-refractivity contribution in [1.82, 2.24) is 16.0 Å². The Labute approximate surface area is 610 Å². The Morgan fingerprint density at radius 2 is 1.06 bits per heavy atom. The Kier molecular flexibility index (Phi) is 36.9. The molecule has 0 saturated carbocycles. The highest BCUT2D eigenvalue weighted by Crippen LogP contribution is 2.41. The molecule has 0 spiro atoms. The van der Waals surface area contributed by atoms with Gasteiger partial charge in [0, 0.05) is 26.7 Å². The van der Waals surface area contributed by atoms with Crippen LogP contribution in [0.1, 0.15) is 156 Å². The average molecular weight is 1510 g/mol. The van der Waals surface area contributed by atoms with Gasteiger partial charge in [0.15, 0.2) is 25.2 Å². The van der Waals surface area contributed by atoms with Crippen LogP contribution in [0, 0.1) is 0 Å². The van der Waals surface area contributed by atoms with Gasteiger partial charge in [-0.3, -0.25) is 14.4 Å². The molecule has 6 rings (SSSR count). The van der Waals surface area contributed by atoms with Gasteiger partial charge in [-0.25, -0.2) is 4.79 Å². The molecule has 20 N–H and O–H groups in total. The first-order chi connectivity index (χ1) is 49.9. The summed E-state index contributed by atoms with van der Waals surface area (Å²) in [6, 6.07) is 2.06. The highest BCUT2D eigenvalue weighted by atomic mass is 16.8. The minimum atomic E-state index is -3.39. The van der Waals surface area contributed by atoms with Gasteiger partial charge in [0.1, 0.15) is 127 Å². The quantitative estimate of drug-likeness (QED) is 0.0284. The van der Waals surface area contributed by atoms with Gasteiger partial charge >= 0.3 is 5.97 Å². The Hall–Kier alpha value is -4.40. The molecule has 5 aliphatic rings. The molecule has 5 heterocycles. The fourth-order valence-corrected chi connectivity index (χ4v) is 13.4. The third-order valence-corrected chi connectivity index (χ3v) is 19.1. The van der Waals surface area contributed by atoms with Gasteiger partial charge in [0.05, 0.1) is 63.9 Å². The maximum absolute atomic E-state index is 13.8. The number of carbonyl (C=O) groups excluding carboxylic acids is 3. The van der Waals surface area contributed by atoms with Crippen LogP contribution in [0.5, 0.6) is 5.75 Å². The van der Waals surface area contributed by atoms with E-state index in [-0.39, 0.29) is 6.42 Å². The lowest BCUT2D eigenvalue weighted by atomic mass is 9.88. The number of hydrogen-bond donors (Lipinski definition) is 20. The third kappa shape index (κ3) is 25.6. The van der Waals surface area contributed by atoms with E-state index in [1.165, 1.54) is 63.9 Å². The first-order valence-corrected chi connectivity index (χ1v) is 36.5. The lowest BCUT2D eigenvalue weighted by Gasteiger charge is -2.52. The van der Waals surface area contributed by atoms with Crippen molar-refractivity contribution < 1.29 is 158 Å². The van der Waals surface area contributed by atoms with E-state index in [4.69, 9.17) is 52.1 Å². The summed E-state index contributed by atoms with van der Waals surface area (Å²) >= 11 is 0. The van der Waals surface area contributed by atoms with E-state index in [1.54, 1.807) is 30.3 Å². The van der Waals surface area contributed by atoms with Crippen molar-refractivity contribution in [3.8, 4) is 5.75 Å². The van der Waals surface area contributed by atoms with Crippen molar-refractivity contribution in [2.45, 2.75) is 327 Å². The number of ether oxygens (including phenoxy) is 11. The van der Waals surface area contributed by atoms with Crippen LogP contribution in [0.2, 0.25) is 0 Å². The molecule has 105 heavy (non-hydrogen) atoms. The fourth-order valence-electron chi connectivity index (χ4n) is 13.4. The summed E-state index contributed by atoms with van der Waals surface area (Å²) in [5.41, 5.74) is 0.169. The van der Waals surface area contributed by atoms with Gasteiger partial charge in [-0.1, -0.05) is 121 Å². The van der Waals surface area contributed by atoms with E-state index < -0.39 is 247 Å². The molecule has 0 aromatic heterocycles. The van der Waals surface area contributed by atoms with Crippen LogP contribution in [0.25, 0.3) is 6.08 Å². The zero-order chi connectivity index (χ0) is 77.5. The molecule has 28 atom stereocenters. The zero-order valence-electron chi connectivity index (χ0n) is 60.5. The number of rotatable bonds is 42. The standard InChI is InChI=1S/C70H117N3O32/c1-7-8-9-10-11-12-13-14-15-16-17-18-19-20-21-22-48(84)73-40(41(81)28-25-38-23-26-39(27-24-38)103-69(4,5)6)35-95-65-57(91)55(89)59(46(33-77)98-65)100-67-58(92)63(105-70(68(93)94)29-42(82)49(71-36(2)79)62(104-70)51(85)43(83)30-74)60(47(34-78)99-67)101-64-50(72-37(3)80)61(53(87)45(32-76)96-64)102-66-56(90)54(88)52(86)44(31-75)97-66/h23-28,40-47,49-67,74-78,81-83,85-92H,7-22,29-35H2,1-6H3,(H,71,79)(H,72,80)(H,73,84)(H,93,94)/b28-25+/t40-,41+,42-,43+,44+,45+,46+,47+,49?,50+,51+,52-,53-,54-,55+,56+,57+,58+,59+,60-,61+,62?,63+,64-,65+,66-,67-,70-/m0/s1. The van der Waals surface area contributed by atoms with Gasteiger partial charge in [-0.2, -0.15) is 0 Å². The number of nitrogens with one attached hydrogen (secondary N) is 3. The molecule has 0 aliphatic carbocycles. The summed E-state index contributed by atoms with van der Waals surface area (Å²) in [4.78, 5) is 53.0. The van der Waals surface area contributed by atoms with Crippen LogP contribution in [0.4, 0.5) is 0 Å². The molecule has 604 valence electrons. The summed E-state index contributed by atoms with van der Waals surface area (Å²) in [6.07, 6.45) is -31.2. The summed E-state index contributed by atoms with van der Waals surface area (Å²) in [7, 11) is 0. The second-order valence-corrected chi connectivity index (χ2v) is 28.7. The van der Waals surface area contributed by atoms with E-state index in [0.717, 1.165) is 46.0 Å². The molecule has 5 fully saturated rings. The number of hydrogen-bond acceptors (Lipinski definition) is 31. The SMILES string of the molecule is CCCCCCCCCCCCCCCCCC(=O)N[C@@H](CO[C@@H]1O[C@H](CO)[C@@H](O[C@@H]2O[C@H](CO)[C@H](O[C@@H]3O[C@H](CO)[C@H](O)[C@H](O[C@@H]4O[C@H](CO)[C@H](O)[C@H](O)[C@H]4O)[C@H]3NC(C)=O)[C@H](O[C@]3(C(=O)O)C[C@H](O)C(NC(C)=O)C([C@H](O)[C@H](O)CO)O3)[C@H]2O)[C@H](O)[C@H]1O)[C@H](O)/C=C/c1ccc(OC(C)(C)C)cc1. The number of aliphatic hydroxyl groups excluding tert-OH is 16. The van der Waals surface area contributed by atoms with E-state index >= 15 is 0 Å². The molecule has 5 aliphatic heterocycles. The van der Waals surface area contributed by atoms with Crippen molar-refractivity contribution in [1.29, 1.82) is 0 Å². The van der Waals surface area contributed by atoms with Gasteiger partial charge in [-0.05, 0) is 44.9 Å². The van der Waals surface area contributed by atoms with Crippen molar-refractivity contribution in [3.05, 3.63) is 35.9 Å². The minimum Gasteiger partial charge on any atom is -0.488 e. The number of unbranched alkanes of at least 4 members (excludes halogenated alkanes) is 14. The average Bonchev–Trinajstić information content (AvgIpc) is 0.735. The van der Waals surface area contributed by atoms with Gasteiger partial charge in [0.25, 0.3) is 5.79 Å². The fraction of sp³-hybridized carbons (Fsp3) is 0.829. The highest BCUT2D eigenvalue weighted by Gasteiger charge is 2.62. The third-order valence-electron chi connectivity index (χ3n) is 19.1. The van der Waals surface area contributed by atoms with Crippen LogP contribution in [0.15, 0.2) is 30.3 Å². The monoisotopic (exact) mass is 1510 g/mol. The number of benzene rings is 1. The molecule has 0 radical (unpaired) electrons. The summed E-state index contributed by atoms with van der Waals surface area (Å²) < 4.78 is 65.9. The smallest absolute Gasteiger partial charge is 0.364 e. The Morgan fingerprint density at radius 1 is 0.571 bits per heavy atom. The number of aliphatic hydroxyl groups is 16. The Bertz CT molecular complexity index is 2750. The second-order valence-electron chi connectivity index (χ2n) is 28.7. The van der Waals surface area contributed by atoms with Gasteiger partial charge < -0.3 is 155 Å². The first kappa shape index (κ1) is 89.5. The molecule has 1 aromatic carbocycles. The van der Waals surface area contributed by atoms with Crippen LogP contribution in [-0.4, -0.2) is 327 Å². The predicted octanol–water partition coefficient (Wildman–Crippen LogP) is -3.41. The molecule has 35 heteroatoms. The molecule has 0 bridgehead atoms. The topological polar surface area (TPSA) is 550 Å². The highest BCUT2D eigenvalue weighted by molar-refractivity contribution is 5.77. The number of aliphatic carboxylic acids is 1. The number of carboxylic acids is 1. The van der Waals surface area contributed by atoms with E-state index in [0.29, 0.717) is 17.7 Å². The minimum absolute atomic E-state index is 0.0895. The molecular weight excluding hydrogens is 1390 g/mol. The number of carboxylic acid groups (broad SMARTS) is 1. The summed E-state index contributed by atoms with van der Waals surface area (Å²) in [5, 5.41) is 197.